The van der Waals surface area contributed by atoms with Gasteiger partial charge in [-0.2, -0.15) is 0 Å². The first-order valence-electron chi connectivity index (χ1n) is 9.08. The molecule has 25 heavy (non-hydrogen) atoms. The number of aryl methyl sites for hydroxylation is 2. The smallest absolute Gasteiger partial charge is 0.0752 e. The molecule has 1 aliphatic heterocycles. The van der Waals surface area contributed by atoms with Crippen LogP contribution < -0.4 is 10.2 Å². The van der Waals surface area contributed by atoms with Crippen LogP contribution in [0.5, 0.6) is 0 Å². The highest BCUT2D eigenvalue weighted by atomic mass is 15.2. The van der Waals surface area contributed by atoms with Gasteiger partial charge < -0.3 is 10.2 Å². The molecule has 1 aromatic heterocycles. The molecule has 128 valence electrons. The number of anilines is 2. The van der Waals surface area contributed by atoms with Gasteiger partial charge in [0, 0.05) is 42.1 Å². The normalized spacial score (nSPS) is 14.6. The van der Waals surface area contributed by atoms with Crippen molar-refractivity contribution in [2.24, 2.45) is 0 Å². The zero-order valence-corrected chi connectivity index (χ0v) is 15.2. The van der Waals surface area contributed by atoms with Crippen LogP contribution in [0.3, 0.4) is 0 Å². The van der Waals surface area contributed by atoms with Gasteiger partial charge in [-0.25, -0.2) is 0 Å². The summed E-state index contributed by atoms with van der Waals surface area (Å²) < 4.78 is 0. The van der Waals surface area contributed by atoms with Crippen LogP contribution in [0.1, 0.15) is 23.6 Å². The van der Waals surface area contributed by atoms with E-state index < -0.39 is 0 Å². The van der Waals surface area contributed by atoms with Gasteiger partial charge in [-0.05, 0) is 49.9 Å². The molecule has 3 nitrogen and oxygen atoms in total. The van der Waals surface area contributed by atoms with Gasteiger partial charge in [0.15, 0.2) is 0 Å². The zero-order valence-electron chi connectivity index (χ0n) is 15.2. The second-order valence-corrected chi connectivity index (χ2v) is 7.09. The summed E-state index contributed by atoms with van der Waals surface area (Å²) in [5.41, 5.74) is 7.59. The van der Waals surface area contributed by atoms with E-state index in [1.165, 1.54) is 33.5 Å². The summed E-state index contributed by atoms with van der Waals surface area (Å²) in [6.07, 6.45) is 3.13. The van der Waals surface area contributed by atoms with E-state index in [0.29, 0.717) is 6.04 Å². The fourth-order valence-corrected chi connectivity index (χ4v) is 3.89. The lowest BCUT2D eigenvalue weighted by Crippen LogP contribution is -2.36. The molecule has 0 fully saturated rings. The fourth-order valence-electron chi connectivity index (χ4n) is 3.89. The Morgan fingerprint density at radius 3 is 2.80 bits per heavy atom. The molecular formula is C22H25N3. The van der Waals surface area contributed by atoms with E-state index in [-0.39, 0.29) is 0 Å². The van der Waals surface area contributed by atoms with Gasteiger partial charge in [-0.3, -0.25) is 4.98 Å². The standard InChI is InChI=1S/C22H25N3/c1-15-7-6-9-19-21(15)23-13-16(2)22(19)24-14-17(3)25-12-11-18-8-4-5-10-20(18)25/h4-10,13,17H,11-12,14H2,1-3H3,(H,23,24). The molecule has 0 saturated carbocycles. The maximum absolute atomic E-state index is 4.62. The van der Waals surface area contributed by atoms with Crippen molar-refractivity contribution in [3.05, 3.63) is 65.4 Å². The molecule has 3 aromatic rings. The Morgan fingerprint density at radius 2 is 1.92 bits per heavy atom. The number of nitrogens with zero attached hydrogens (tertiary/aromatic N) is 2. The molecule has 1 N–H and O–H groups in total. The molecule has 0 bridgehead atoms. The van der Waals surface area contributed by atoms with Crippen LogP contribution in [0, 0.1) is 13.8 Å². The molecule has 1 unspecified atom stereocenters. The number of aromatic nitrogens is 1. The third-order valence-electron chi connectivity index (χ3n) is 5.32. The molecular weight excluding hydrogens is 306 g/mol. The average Bonchev–Trinajstić information content (AvgIpc) is 3.05. The molecule has 1 aliphatic rings. The predicted octanol–water partition coefficient (Wildman–Crippen LogP) is 4.71. The summed E-state index contributed by atoms with van der Waals surface area (Å²) in [6.45, 7) is 8.59. The van der Waals surface area contributed by atoms with Crippen molar-refractivity contribution in [1.29, 1.82) is 0 Å². The SMILES string of the molecule is Cc1cnc2c(C)cccc2c1NCC(C)N1CCc2ccccc21. The van der Waals surface area contributed by atoms with Crippen molar-refractivity contribution in [1.82, 2.24) is 4.98 Å². The van der Waals surface area contributed by atoms with Crippen molar-refractivity contribution in [3.8, 4) is 0 Å². The summed E-state index contributed by atoms with van der Waals surface area (Å²) in [7, 11) is 0. The van der Waals surface area contributed by atoms with Crippen molar-refractivity contribution >= 4 is 22.3 Å². The average molecular weight is 331 g/mol. The minimum Gasteiger partial charge on any atom is -0.382 e. The van der Waals surface area contributed by atoms with Crippen molar-refractivity contribution < 1.29 is 0 Å². The van der Waals surface area contributed by atoms with Crippen LogP contribution >= 0.6 is 0 Å². The van der Waals surface area contributed by atoms with Crippen LogP contribution in [0.2, 0.25) is 0 Å². The maximum atomic E-state index is 4.62. The van der Waals surface area contributed by atoms with E-state index in [9.17, 15) is 0 Å². The second-order valence-electron chi connectivity index (χ2n) is 7.09. The van der Waals surface area contributed by atoms with Gasteiger partial charge in [-0.1, -0.05) is 36.4 Å². The first-order chi connectivity index (χ1) is 12.1. The monoisotopic (exact) mass is 331 g/mol. The number of nitrogens with one attached hydrogen (secondary N) is 1. The lowest BCUT2D eigenvalue weighted by molar-refractivity contribution is 0.680. The molecule has 2 heterocycles. The molecule has 0 radical (unpaired) electrons. The zero-order chi connectivity index (χ0) is 17.4. The minimum atomic E-state index is 0.441. The Kier molecular flexibility index (Phi) is 4.08. The van der Waals surface area contributed by atoms with E-state index in [1.807, 2.05) is 6.20 Å². The largest absolute Gasteiger partial charge is 0.382 e. The highest BCUT2D eigenvalue weighted by Crippen LogP contribution is 2.30. The summed E-state index contributed by atoms with van der Waals surface area (Å²) in [5, 5.41) is 4.93. The Labute approximate surface area is 149 Å². The number of fused-ring (bicyclic) bond motifs is 2. The molecule has 1 atom stereocenters. The first kappa shape index (κ1) is 15.9. The lowest BCUT2D eigenvalue weighted by Gasteiger charge is -2.28. The summed E-state index contributed by atoms with van der Waals surface area (Å²) in [4.78, 5) is 7.14. The summed E-state index contributed by atoms with van der Waals surface area (Å²) >= 11 is 0. The molecule has 0 aliphatic carbocycles. The third-order valence-corrected chi connectivity index (χ3v) is 5.32. The van der Waals surface area contributed by atoms with Crippen molar-refractivity contribution in [3.63, 3.8) is 0 Å². The molecule has 0 amide bonds. The van der Waals surface area contributed by atoms with E-state index in [0.717, 1.165) is 25.0 Å². The highest BCUT2D eigenvalue weighted by molar-refractivity contribution is 5.94. The topological polar surface area (TPSA) is 28.2 Å². The van der Waals surface area contributed by atoms with E-state index >= 15 is 0 Å². The number of hydrogen-bond donors (Lipinski definition) is 1. The quantitative estimate of drug-likeness (QED) is 0.750. The van der Waals surface area contributed by atoms with Crippen LogP contribution in [-0.4, -0.2) is 24.1 Å². The summed E-state index contributed by atoms with van der Waals surface area (Å²) in [5.74, 6) is 0. The van der Waals surface area contributed by atoms with Crippen LogP contribution in [0.15, 0.2) is 48.7 Å². The van der Waals surface area contributed by atoms with Gasteiger partial charge in [0.1, 0.15) is 0 Å². The Morgan fingerprint density at radius 1 is 1.08 bits per heavy atom. The van der Waals surface area contributed by atoms with Crippen LogP contribution in [0.25, 0.3) is 10.9 Å². The first-order valence-corrected chi connectivity index (χ1v) is 9.08. The number of rotatable bonds is 4. The van der Waals surface area contributed by atoms with Crippen molar-refractivity contribution in [2.45, 2.75) is 33.2 Å². The van der Waals surface area contributed by atoms with Gasteiger partial charge in [0.05, 0.1) is 5.52 Å². The van der Waals surface area contributed by atoms with Gasteiger partial charge in [0.25, 0.3) is 0 Å². The van der Waals surface area contributed by atoms with Gasteiger partial charge >= 0.3 is 0 Å². The minimum absolute atomic E-state index is 0.441. The molecule has 4 rings (SSSR count). The maximum Gasteiger partial charge on any atom is 0.0752 e. The van der Waals surface area contributed by atoms with Gasteiger partial charge in [-0.15, -0.1) is 0 Å². The van der Waals surface area contributed by atoms with E-state index in [4.69, 9.17) is 0 Å². The van der Waals surface area contributed by atoms with E-state index in [1.54, 1.807) is 0 Å². The number of hydrogen-bond acceptors (Lipinski definition) is 3. The second kappa shape index (κ2) is 6.40. The Bertz CT molecular complexity index is 916. The molecule has 2 aromatic carbocycles. The number of benzene rings is 2. The Balaban J connectivity index is 1.57. The van der Waals surface area contributed by atoms with E-state index in [2.05, 4.69) is 78.4 Å². The Hall–Kier alpha value is -2.55. The molecule has 0 spiro atoms. The highest BCUT2D eigenvalue weighted by Gasteiger charge is 2.23. The van der Waals surface area contributed by atoms with Crippen LogP contribution in [-0.2, 0) is 6.42 Å². The van der Waals surface area contributed by atoms with Crippen LogP contribution in [0.4, 0.5) is 11.4 Å². The number of pyridine rings is 1. The summed E-state index contributed by atoms with van der Waals surface area (Å²) in [6, 6.07) is 15.6. The fraction of sp³-hybridized carbons (Fsp3) is 0.318. The third kappa shape index (κ3) is 2.84. The number of para-hydroxylation sites is 2. The lowest BCUT2D eigenvalue weighted by atomic mass is 10.1. The predicted molar refractivity (Wildman–Crippen MR) is 107 cm³/mol. The van der Waals surface area contributed by atoms with Gasteiger partial charge in [0.2, 0.25) is 0 Å². The van der Waals surface area contributed by atoms with Crippen molar-refractivity contribution in [2.75, 3.05) is 23.3 Å². The molecule has 3 heteroatoms. The molecule has 0 saturated heterocycles.